The summed E-state index contributed by atoms with van der Waals surface area (Å²) in [6, 6.07) is 10.3. The van der Waals surface area contributed by atoms with Gasteiger partial charge in [0.25, 0.3) is 0 Å². The molecule has 0 amide bonds. The van der Waals surface area contributed by atoms with Crippen LogP contribution in [0.2, 0.25) is 0 Å². The highest BCUT2D eigenvalue weighted by Crippen LogP contribution is 2.34. The van der Waals surface area contributed by atoms with Gasteiger partial charge in [0, 0.05) is 27.7 Å². The minimum atomic E-state index is -0.260. The van der Waals surface area contributed by atoms with E-state index in [2.05, 4.69) is 45.5 Å². The van der Waals surface area contributed by atoms with Crippen LogP contribution < -0.4 is 28.6 Å². The molecule has 11 nitrogen and oxygen atoms in total. The van der Waals surface area contributed by atoms with Gasteiger partial charge in [-0.2, -0.15) is 9.97 Å². The van der Waals surface area contributed by atoms with Crippen molar-refractivity contribution in [1.82, 2.24) is 28.7 Å². The maximum Gasteiger partial charge on any atom is 0.350 e. The molecule has 0 radical (unpaired) electrons. The zero-order valence-electron chi connectivity index (χ0n) is 29.4. The van der Waals surface area contributed by atoms with Crippen molar-refractivity contribution in [3.05, 3.63) is 93.0 Å². The predicted molar refractivity (Wildman–Crippen MR) is 235 cm³/mol. The van der Waals surface area contributed by atoms with Crippen LogP contribution in [0.5, 0.6) is 0 Å². The molecule has 0 aliphatic heterocycles. The fraction of sp³-hybridized carbons (Fsp3) is 0.368. The smallest absolute Gasteiger partial charge is 0.350 e. The summed E-state index contributed by atoms with van der Waals surface area (Å²) in [5.74, 6) is 1.24. The minimum Gasteiger partial charge on any atom is -0.383 e. The Bertz CT molecular complexity index is 2450. The van der Waals surface area contributed by atoms with E-state index in [0.29, 0.717) is 35.3 Å². The van der Waals surface area contributed by atoms with Crippen molar-refractivity contribution in [2.45, 2.75) is 97.3 Å². The zero-order valence-corrected chi connectivity index (χ0v) is 32.6. The molecule has 0 unspecified atom stereocenters. The average molecular weight is 796 g/mol. The normalized spacial score (nSPS) is 10.5. The predicted octanol–water partition coefficient (Wildman–Crippen LogP) is 9.34. The second-order valence-electron chi connectivity index (χ2n) is 11.8. The van der Waals surface area contributed by atoms with Crippen LogP contribution in [-0.4, -0.2) is 28.7 Å². The van der Waals surface area contributed by atoms with Crippen LogP contribution in [0.15, 0.2) is 39.9 Å². The number of fused-ring (bicyclic) bond motifs is 3. The van der Waals surface area contributed by atoms with Gasteiger partial charge in [0.15, 0.2) is 0 Å². The number of anilines is 3. The van der Waals surface area contributed by atoms with E-state index in [1.807, 2.05) is 59.7 Å². The largest absolute Gasteiger partial charge is 0.383 e. The van der Waals surface area contributed by atoms with Gasteiger partial charge in [0.2, 0.25) is 4.77 Å². The first kappa shape index (κ1) is 44.7. The van der Waals surface area contributed by atoms with Gasteiger partial charge in [0.1, 0.15) is 31.9 Å². The van der Waals surface area contributed by atoms with E-state index in [1.54, 1.807) is 43.1 Å². The average Bonchev–Trinajstić information content (AvgIpc) is 3.65. The molecule has 6 aromatic heterocycles. The SMILES string of the molecule is C.C.C.CCn1c(=O)nc(N)c2c(C)c(C)sc21.CCn1c(=O)nc(N)c2c(C)c(C)sc21.Cc1sc2c(c(N)nc(=S)n2Cc2ccccc2)c1C. The quantitative estimate of drug-likeness (QED) is 0.147. The highest BCUT2D eigenvalue weighted by atomic mass is 32.1. The maximum atomic E-state index is 11.6. The third-order valence-corrected chi connectivity index (χ3v) is 12.8. The van der Waals surface area contributed by atoms with Crippen LogP contribution in [0, 0.1) is 46.3 Å². The van der Waals surface area contributed by atoms with Gasteiger partial charge >= 0.3 is 11.4 Å². The Kier molecular flexibility index (Phi) is 15.2. The van der Waals surface area contributed by atoms with Gasteiger partial charge in [-0.15, -0.1) is 34.0 Å². The first-order valence-electron chi connectivity index (χ1n) is 16.0. The van der Waals surface area contributed by atoms with Crippen LogP contribution in [0.3, 0.4) is 0 Å². The highest BCUT2D eigenvalue weighted by Gasteiger charge is 2.16. The molecule has 0 saturated carbocycles. The van der Waals surface area contributed by atoms with Gasteiger partial charge in [-0.3, -0.25) is 9.13 Å². The standard InChI is InChI=1S/C15H15N3S2.2C10H13N3OS.3CH4/c1-9-10(2)20-14-12(9)13(16)17-15(19)18(14)8-11-6-4-3-5-7-11;2*1-4-13-9-7(5(2)6(3)15-9)8(11)12-10(13)14;;;/h3-7H,8H2,1-2H3,(H2,16,17,19);2*4H2,1-3H3,(H2,11,12,14);3*1H4. The van der Waals surface area contributed by atoms with E-state index in [4.69, 9.17) is 29.4 Å². The Morgan fingerprint density at radius 2 is 0.925 bits per heavy atom. The van der Waals surface area contributed by atoms with Crippen LogP contribution >= 0.6 is 46.2 Å². The number of aromatic nitrogens is 6. The van der Waals surface area contributed by atoms with Gasteiger partial charge < -0.3 is 21.8 Å². The third-order valence-electron chi connectivity index (χ3n) is 8.76. The first-order valence-corrected chi connectivity index (χ1v) is 18.9. The minimum absolute atomic E-state index is 0. The fourth-order valence-corrected chi connectivity index (χ4v) is 9.61. The van der Waals surface area contributed by atoms with Crippen molar-refractivity contribution in [3.8, 4) is 0 Å². The molecule has 0 fully saturated rings. The van der Waals surface area contributed by atoms with E-state index in [1.165, 1.54) is 25.8 Å². The molecule has 0 saturated heterocycles. The summed E-state index contributed by atoms with van der Waals surface area (Å²) in [6.07, 6.45) is 0. The number of rotatable bonds is 4. The molecule has 6 N–H and O–H groups in total. The molecule has 15 heteroatoms. The number of nitrogens with zero attached hydrogens (tertiary/aromatic N) is 6. The lowest BCUT2D eigenvalue weighted by Crippen LogP contribution is -2.23. The number of hydrogen-bond acceptors (Lipinski definition) is 12. The Morgan fingerprint density at radius 3 is 1.28 bits per heavy atom. The second kappa shape index (κ2) is 18.1. The molecule has 6 heterocycles. The van der Waals surface area contributed by atoms with Crippen LogP contribution in [0.25, 0.3) is 30.6 Å². The van der Waals surface area contributed by atoms with Crippen molar-refractivity contribution in [1.29, 1.82) is 0 Å². The van der Waals surface area contributed by atoms with Crippen LogP contribution in [0.4, 0.5) is 17.5 Å². The second-order valence-corrected chi connectivity index (χ2v) is 15.8. The monoisotopic (exact) mass is 795 g/mol. The van der Waals surface area contributed by atoms with Gasteiger partial charge in [-0.25, -0.2) is 14.6 Å². The number of thiophene rings is 3. The summed E-state index contributed by atoms with van der Waals surface area (Å²) in [5, 5.41) is 2.90. The van der Waals surface area contributed by atoms with Crippen molar-refractivity contribution in [3.63, 3.8) is 0 Å². The summed E-state index contributed by atoms with van der Waals surface area (Å²) in [4.78, 5) is 41.8. The summed E-state index contributed by atoms with van der Waals surface area (Å²) in [7, 11) is 0. The lowest BCUT2D eigenvalue weighted by molar-refractivity contribution is 0.738. The topological polar surface area (TPSA) is 166 Å². The number of nitrogens with two attached hydrogens (primary N) is 3. The molecule has 0 bridgehead atoms. The number of hydrogen-bond donors (Lipinski definition) is 3. The van der Waals surface area contributed by atoms with E-state index in [9.17, 15) is 9.59 Å². The highest BCUT2D eigenvalue weighted by molar-refractivity contribution is 7.71. The van der Waals surface area contributed by atoms with Crippen LogP contribution in [0.1, 0.15) is 73.0 Å². The van der Waals surface area contributed by atoms with Gasteiger partial charge in [0.05, 0.1) is 22.7 Å². The number of benzene rings is 1. The fourth-order valence-electron chi connectivity index (χ4n) is 5.68. The molecule has 0 spiro atoms. The van der Waals surface area contributed by atoms with Crippen molar-refractivity contribution in [2.75, 3.05) is 17.2 Å². The molecule has 1 aromatic carbocycles. The van der Waals surface area contributed by atoms with Crippen molar-refractivity contribution in [2.24, 2.45) is 0 Å². The summed E-state index contributed by atoms with van der Waals surface area (Å²) in [6.45, 7) is 18.1. The Morgan fingerprint density at radius 1 is 0.585 bits per heavy atom. The molecule has 53 heavy (non-hydrogen) atoms. The van der Waals surface area contributed by atoms with Gasteiger partial charge in [-0.05, 0) is 89.9 Å². The molecule has 0 atom stereocenters. The van der Waals surface area contributed by atoms with Crippen molar-refractivity contribution < 1.29 is 0 Å². The summed E-state index contributed by atoms with van der Waals surface area (Å²) < 4.78 is 5.94. The van der Waals surface area contributed by atoms with Crippen molar-refractivity contribution >= 4 is 94.3 Å². The summed E-state index contributed by atoms with van der Waals surface area (Å²) >= 11 is 10.3. The molecule has 286 valence electrons. The molecular weight excluding hydrogens is 743 g/mol. The molecule has 7 rings (SSSR count). The van der Waals surface area contributed by atoms with E-state index < -0.39 is 0 Å². The molecular formula is C38H53N9O2S4. The third kappa shape index (κ3) is 8.53. The lowest BCUT2D eigenvalue weighted by Gasteiger charge is -2.10. The number of nitrogen functional groups attached to an aromatic ring is 3. The Balaban J connectivity index is 0.000000272. The van der Waals surface area contributed by atoms with Gasteiger partial charge in [-0.1, -0.05) is 52.6 Å². The van der Waals surface area contributed by atoms with E-state index in [-0.39, 0.29) is 33.7 Å². The molecule has 0 aliphatic carbocycles. The Labute approximate surface area is 328 Å². The Hall–Kier alpha value is -4.44. The maximum absolute atomic E-state index is 11.6. The lowest BCUT2D eigenvalue weighted by atomic mass is 10.2. The summed E-state index contributed by atoms with van der Waals surface area (Å²) in [5.41, 5.74) is 21.7. The molecule has 0 aliphatic rings. The zero-order chi connectivity index (χ0) is 36.6. The number of aryl methyl sites for hydroxylation is 8. The first-order chi connectivity index (χ1) is 23.7. The van der Waals surface area contributed by atoms with E-state index >= 15 is 0 Å². The van der Waals surface area contributed by atoms with Crippen LogP contribution in [-0.2, 0) is 19.6 Å². The van der Waals surface area contributed by atoms with E-state index in [0.717, 1.165) is 48.3 Å². The molecule has 7 aromatic rings.